The predicted octanol–water partition coefficient (Wildman–Crippen LogP) is 20.6. The first-order valence-corrected chi connectivity index (χ1v) is 28.1. The molecule has 378 valence electrons. The molecule has 1 aliphatic rings. The van der Waals surface area contributed by atoms with Crippen molar-refractivity contribution in [1.29, 1.82) is 0 Å². The van der Waals surface area contributed by atoms with Crippen LogP contribution in [0, 0.1) is 0 Å². The normalized spacial score (nSPS) is 12.5. The van der Waals surface area contributed by atoms with Crippen LogP contribution in [0.25, 0.3) is 122 Å². The summed E-state index contributed by atoms with van der Waals surface area (Å²) in [5.74, 6) is 0. The van der Waals surface area contributed by atoms with Crippen molar-refractivity contribution in [2.75, 3.05) is 0 Å². The Morgan fingerprint density at radius 3 is 1.05 bits per heavy atom. The molecule has 0 aliphatic heterocycles. The number of benzene rings is 13. The standard InChI is InChI=1S/C79H52N2/c1-3-18-53(19-4-1)55-38-44-63(45-39-55)80-75-32-15-10-27-68(75)70-51-59(42-48-77(70)80)60-43-49-78-71(52-60)69-28-11-16-33-76(69)81(78)64-46-40-56(41-47-64)54-34-36-57(37-35-54)58-20-17-21-61(50-58)65-24-7-12-29-72(65)79(62-22-5-2-6-23-62)73-30-13-8-25-66(73)67-26-9-14-31-74(67)79/h1-52H. The van der Waals surface area contributed by atoms with E-state index in [0.29, 0.717) is 0 Å². The van der Waals surface area contributed by atoms with Gasteiger partial charge in [-0.05, 0) is 156 Å². The van der Waals surface area contributed by atoms with Gasteiger partial charge in [0.05, 0.1) is 27.5 Å². The summed E-state index contributed by atoms with van der Waals surface area (Å²) in [5.41, 5.74) is 26.4. The molecule has 13 aromatic carbocycles. The molecular weight excluding hydrogens is 977 g/mol. The SMILES string of the molecule is c1ccc(-c2ccc(-n3c4ccccc4c4cc(-c5ccc6c(c5)c5ccccc5n6-c5ccc(-c6ccc(-c7cccc(-c8ccccc8C8(c9ccccc9)c9ccccc9-c9ccccc98)c7)cc6)cc5)ccc43)cc2)cc1. The molecule has 0 saturated heterocycles. The lowest BCUT2D eigenvalue weighted by Gasteiger charge is -2.35. The van der Waals surface area contributed by atoms with Gasteiger partial charge < -0.3 is 9.13 Å². The Hall–Kier alpha value is -10.5. The van der Waals surface area contributed by atoms with E-state index in [9.17, 15) is 0 Å². The van der Waals surface area contributed by atoms with Gasteiger partial charge in [-0.15, -0.1) is 0 Å². The van der Waals surface area contributed by atoms with Crippen LogP contribution >= 0.6 is 0 Å². The molecule has 2 heteroatoms. The number of aromatic nitrogens is 2. The maximum Gasteiger partial charge on any atom is 0.0719 e. The molecule has 2 heterocycles. The molecule has 2 nitrogen and oxygen atoms in total. The highest BCUT2D eigenvalue weighted by Gasteiger charge is 2.47. The fraction of sp³-hybridized carbons (Fsp3) is 0.0127. The second-order valence-electron chi connectivity index (χ2n) is 21.5. The Morgan fingerprint density at radius 1 is 0.198 bits per heavy atom. The second-order valence-corrected chi connectivity index (χ2v) is 21.5. The average Bonchev–Trinajstić information content (AvgIpc) is 3.87. The number of hydrogen-bond acceptors (Lipinski definition) is 0. The Bertz CT molecular complexity index is 4840. The molecule has 81 heavy (non-hydrogen) atoms. The number of para-hydroxylation sites is 2. The van der Waals surface area contributed by atoms with Crippen molar-refractivity contribution in [3.8, 4) is 78.1 Å². The third-order valence-corrected chi connectivity index (χ3v) is 17.3. The second kappa shape index (κ2) is 18.8. The summed E-state index contributed by atoms with van der Waals surface area (Å²) in [6.45, 7) is 0. The number of rotatable bonds is 9. The van der Waals surface area contributed by atoms with Gasteiger partial charge in [-0.1, -0.05) is 249 Å². The van der Waals surface area contributed by atoms with Gasteiger partial charge >= 0.3 is 0 Å². The molecule has 16 rings (SSSR count). The molecule has 0 amide bonds. The first kappa shape index (κ1) is 46.5. The van der Waals surface area contributed by atoms with E-state index in [1.807, 2.05) is 0 Å². The highest BCUT2D eigenvalue weighted by atomic mass is 15.0. The molecule has 1 aliphatic carbocycles. The summed E-state index contributed by atoms with van der Waals surface area (Å²) in [5, 5.41) is 4.97. The molecular formula is C79H52N2. The molecule has 0 spiro atoms. The molecule has 0 radical (unpaired) electrons. The van der Waals surface area contributed by atoms with E-state index in [-0.39, 0.29) is 0 Å². The summed E-state index contributed by atoms with van der Waals surface area (Å²) in [7, 11) is 0. The smallest absolute Gasteiger partial charge is 0.0719 e. The number of hydrogen-bond donors (Lipinski definition) is 0. The minimum absolute atomic E-state index is 0.483. The maximum atomic E-state index is 2.41. The minimum Gasteiger partial charge on any atom is -0.309 e. The van der Waals surface area contributed by atoms with Gasteiger partial charge in [0, 0.05) is 32.9 Å². The van der Waals surface area contributed by atoms with Gasteiger partial charge in [-0.2, -0.15) is 0 Å². The van der Waals surface area contributed by atoms with Gasteiger partial charge in [-0.3, -0.25) is 0 Å². The van der Waals surface area contributed by atoms with E-state index in [1.54, 1.807) is 0 Å². The van der Waals surface area contributed by atoms with Crippen molar-refractivity contribution in [1.82, 2.24) is 9.13 Å². The van der Waals surface area contributed by atoms with Gasteiger partial charge in [0.15, 0.2) is 0 Å². The number of fused-ring (bicyclic) bond motifs is 9. The van der Waals surface area contributed by atoms with Gasteiger partial charge in [0.2, 0.25) is 0 Å². The van der Waals surface area contributed by atoms with Gasteiger partial charge in [0.1, 0.15) is 0 Å². The van der Waals surface area contributed by atoms with Crippen molar-refractivity contribution in [3.63, 3.8) is 0 Å². The van der Waals surface area contributed by atoms with E-state index in [1.165, 1.54) is 133 Å². The number of nitrogens with zero attached hydrogens (tertiary/aromatic N) is 2. The quantitative estimate of drug-likeness (QED) is 0.136. The fourth-order valence-electron chi connectivity index (χ4n) is 13.6. The van der Waals surface area contributed by atoms with E-state index >= 15 is 0 Å². The third kappa shape index (κ3) is 7.42. The Morgan fingerprint density at radius 2 is 0.531 bits per heavy atom. The minimum atomic E-state index is -0.483. The summed E-state index contributed by atoms with van der Waals surface area (Å²) in [6, 6.07) is 116. The largest absolute Gasteiger partial charge is 0.309 e. The summed E-state index contributed by atoms with van der Waals surface area (Å²) < 4.78 is 4.81. The van der Waals surface area contributed by atoms with Crippen LogP contribution in [0.15, 0.2) is 315 Å². The highest BCUT2D eigenvalue weighted by molar-refractivity contribution is 6.13. The molecule has 0 unspecified atom stereocenters. The summed E-state index contributed by atoms with van der Waals surface area (Å²) in [6.07, 6.45) is 0. The molecule has 0 saturated carbocycles. The molecule has 15 aromatic rings. The van der Waals surface area contributed by atoms with Crippen molar-refractivity contribution >= 4 is 43.6 Å². The van der Waals surface area contributed by atoms with Crippen molar-refractivity contribution in [2.45, 2.75) is 5.41 Å². The van der Waals surface area contributed by atoms with Crippen LogP contribution in [-0.2, 0) is 5.41 Å². The monoisotopic (exact) mass is 1030 g/mol. The average molecular weight is 1030 g/mol. The Labute approximate surface area is 471 Å². The summed E-state index contributed by atoms with van der Waals surface area (Å²) in [4.78, 5) is 0. The molecule has 0 atom stereocenters. The van der Waals surface area contributed by atoms with Gasteiger partial charge in [0.25, 0.3) is 0 Å². The van der Waals surface area contributed by atoms with E-state index < -0.39 is 5.41 Å². The first-order chi connectivity index (χ1) is 40.2. The molecule has 0 bridgehead atoms. The van der Waals surface area contributed by atoms with Crippen LogP contribution in [0.4, 0.5) is 0 Å². The zero-order valence-electron chi connectivity index (χ0n) is 44.4. The lowest BCUT2D eigenvalue weighted by atomic mass is 9.66. The Kier molecular flexibility index (Phi) is 10.8. The van der Waals surface area contributed by atoms with Crippen molar-refractivity contribution in [3.05, 3.63) is 338 Å². The third-order valence-electron chi connectivity index (χ3n) is 17.3. The predicted molar refractivity (Wildman–Crippen MR) is 340 cm³/mol. The molecule has 0 fully saturated rings. The lowest BCUT2D eigenvalue weighted by molar-refractivity contribution is 0.770. The van der Waals surface area contributed by atoms with Crippen LogP contribution < -0.4 is 0 Å². The highest BCUT2D eigenvalue weighted by Crippen LogP contribution is 2.57. The van der Waals surface area contributed by atoms with Crippen LogP contribution in [0.1, 0.15) is 22.3 Å². The van der Waals surface area contributed by atoms with Crippen molar-refractivity contribution in [2.24, 2.45) is 0 Å². The lowest BCUT2D eigenvalue weighted by Crippen LogP contribution is -2.29. The maximum absolute atomic E-state index is 2.41. The first-order valence-electron chi connectivity index (χ1n) is 28.1. The van der Waals surface area contributed by atoms with Crippen LogP contribution in [0.5, 0.6) is 0 Å². The summed E-state index contributed by atoms with van der Waals surface area (Å²) >= 11 is 0. The van der Waals surface area contributed by atoms with Crippen LogP contribution in [0.2, 0.25) is 0 Å². The van der Waals surface area contributed by atoms with Gasteiger partial charge in [-0.25, -0.2) is 0 Å². The van der Waals surface area contributed by atoms with E-state index in [2.05, 4.69) is 325 Å². The van der Waals surface area contributed by atoms with Crippen LogP contribution in [-0.4, -0.2) is 9.13 Å². The van der Waals surface area contributed by atoms with Crippen LogP contribution in [0.3, 0.4) is 0 Å². The molecule has 0 N–H and O–H groups in total. The fourth-order valence-corrected chi connectivity index (χ4v) is 13.6. The zero-order chi connectivity index (χ0) is 53.4. The van der Waals surface area contributed by atoms with E-state index in [0.717, 1.165) is 11.4 Å². The van der Waals surface area contributed by atoms with Crippen molar-refractivity contribution < 1.29 is 0 Å². The molecule has 2 aromatic heterocycles. The Balaban J connectivity index is 0.705. The van der Waals surface area contributed by atoms with E-state index in [4.69, 9.17) is 0 Å². The topological polar surface area (TPSA) is 9.86 Å². The zero-order valence-corrected chi connectivity index (χ0v) is 44.4.